The molecular weight excluding hydrogens is 245 g/mol. The van der Waals surface area contributed by atoms with E-state index in [1.54, 1.807) is 0 Å². The number of alkyl halides is 5. The molecule has 96 valence electrons. The summed E-state index contributed by atoms with van der Waals surface area (Å²) in [5.41, 5.74) is -0.689. The third kappa shape index (κ3) is 3.13. The van der Waals surface area contributed by atoms with Crippen molar-refractivity contribution in [2.75, 3.05) is 7.05 Å². The van der Waals surface area contributed by atoms with Crippen LogP contribution in [0.1, 0.15) is 11.1 Å². The van der Waals surface area contributed by atoms with Gasteiger partial charge in [-0.2, -0.15) is 27.0 Å². The number of hydrogen-bond acceptors (Lipinski definition) is 2. The Kier molecular flexibility index (Phi) is 3.73. The Hall–Kier alpha value is -1.21. The van der Waals surface area contributed by atoms with Crippen LogP contribution in [-0.4, -0.2) is 23.5 Å². The zero-order valence-corrected chi connectivity index (χ0v) is 8.80. The highest BCUT2D eigenvalue weighted by atomic mass is 19.4. The largest absolute Gasteiger partial charge is 0.458 e. The molecule has 17 heavy (non-hydrogen) atoms. The summed E-state index contributed by atoms with van der Waals surface area (Å²) < 4.78 is 61.8. The van der Waals surface area contributed by atoms with Crippen molar-refractivity contribution < 1.29 is 27.2 Å². The highest BCUT2D eigenvalue weighted by Gasteiger charge is 2.58. The number of benzene rings is 1. The van der Waals surface area contributed by atoms with E-state index in [1.165, 1.54) is 7.05 Å². The van der Waals surface area contributed by atoms with Crippen molar-refractivity contribution in [2.45, 2.75) is 18.6 Å². The van der Waals surface area contributed by atoms with Gasteiger partial charge in [-0.25, -0.2) is 0 Å². The van der Waals surface area contributed by atoms with Crippen LogP contribution in [0.25, 0.3) is 0 Å². The number of hydroxylamine groups is 2. The molecule has 0 saturated heterocycles. The van der Waals surface area contributed by atoms with E-state index in [2.05, 4.69) is 0 Å². The van der Waals surface area contributed by atoms with Crippen molar-refractivity contribution in [3.05, 3.63) is 35.4 Å². The average molecular weight is 255 g/mol. The summed E-state index contributed by atoms with van der Waals surface area (Å²) in [7, 11) is 1.33. The monoisotopic (exact) mass is 255 g/mol. The quantitative estimate of drug-likeness (QED) is 0.662. The Morgan fingerprint density at radius 2 is 1.53 bits per heavy atom. The highest BCUT2D eigenvalue weighted by Crippen LogP contribution is 2.43. The van der Waals surface area contributed by atoms with E-state index >= 15 is 0 Å². The molecule has 7 heteroatoms. The van der Waals surface area contributed by atoms with Gasteiger partial charge in [-0.05, 0) is 5.56 Å². The second kappa shape index (κ2) is 4.58. The zero-order valence-electron chi connectivity index (χ0n) is 8.80. The van der Waals surface area contributed by atoms with Crippen molar-refractivity contribution in [1.82, 2.24) is 5.06 Å². The predicted octanol–water partition coefficient (Wildman–Crippen LogP) is 3.16. The summed E-state index contributed by atoms with van der Waals surface area (Å²) in [5.74, 6) is -4.86. The molecule has 1 aromatic rings. The SMILES string of the molecule is CN(O)Cc1ccc(C(F)(F)C(F)(F)F)cc1. The van der Waals surface area contributed by atoms with E-state index in [4.69, 9.17) is 5.21 Å². The molecule has 1 aromatic carbocycles. The minimum atomic E-state index is -5.61. The molecule has 1 rings (SSSR count). The first-order chi connectivity index (χ1) is 7.64. The van der Waals surface area contributed by atoms with Gasteiger partial charge in [0.15, 0.2) is 0 Å². The number of rotatable bonds is 3. The molecule has 0 bridgehead atoms. The Balaban J connectivity index is 2.95. The van der Waals surface area contributed by atoms with Gasteiger partial charge < -0.3 is 5.21 Å². The van der Waals surface area contributed by atoms with Crippen molar-refractivity contribution >= 4 is 0 Å². The van der Waals surface area contributed by atoms with E-state index in [-0.39, 0.29) is 6.54 Å². The molecule has 0 heterocycles. The second-order valence-electron chi connectivity index (χ2n) is 3.58. The van der Waals surface area contributed by atoms with Gasteiger partial charge in [-0.1, -0.05) is 24.3 Å². The predicted molar refractivity (Wildman–Crippen MR) is 49.6 cm³/mol. The van der Waals surface area contributed by atoms with Crippen molar-refractivity contribution in [3.8, 4) is 0 Å². The lowest BCUT2D eigenvalue weighted by molar-refractivity contribution is -0.289. The summed E-state index contributed by atoms with van der Waals surface area (Å²) >= 11 is 0. The summed E-state index contributed by atoms with van der Waals surface area (Å²) in [6, 6.07) is 3.63. The maximum absolute atomic E-state index is 12.9. The normalized spacial score (nSPS) is 13.2. The number of halogens is 5. The minimum Gasteiger partial charge on any atom is -0.314 e. The summed E-state index contributed by atoms with van der Waals surface area (Å²) in [4.78, 5) is 0. The Bertz CT molecular complexity index is 371. The van der Waals surface area contributed by atoms with Crippen LogP contribution in [0.15, 0.2) is 24.3 Å². The molecule has 0 atom stereocenters. The van der Waals surface area contributed by atoms with Crippen LogP contribution >= 0.6 is 0 Å². The third-order valence-electron chi connectivity index (χ3n) is 2.08. The van der Waals surface area contributed by atoms with Gasteiger partial charge in [-0.15, -0.1) is 0 Å². The van der Waals surface area contributed by atoms with E-state index in [9.17, 15) is 22.0 Å². The molecular formula is C10H10F5NO. The molecule has 0 fully saturated rings. The van der Waals surface area contributed by atoms with Crippen LogP contribution in [0.3, 0.4) is 0 Å². The highest BCUT2D eigenvalue weighted by molar-refractivity contribution is 5.26. The maximum Gasteiger partial charge on any atom is 0.458 e. The standard InChI is InChI=1S/C10H10F5NO/c1-16(17)6-7-2-4-8(5-3-7)9(11,12)10(13,14)15/h2-5,17H,6H2,1H3. The molecule has 0 radical (unpaired) electrons. The van der Waals surface area contributed by atoms with Crippen LogP contribution in [0.4, 0.5) is 22.0 Å². The molecule has 0 amide bonds. The van der Waals surface area contributed by atoms with Gasteiger partial charge in [-0.3, -0.25) is 0 Å². The Morgan fingerprint density at radius 1 is 1.06 bits per heavy atom. The summed E-state index contributed by atoms with van der Waals surface area (Å²) in [6.45, 7) is 0.0396. The number of hydrogen-bond donors (Lipinski definition) is 1. The second-order valence-corrected chi connectivity index (χ2v) is 3.58. The fraction of sp³-hybridized carbons (Fsp3) is 0.400. The van der Waals surface area contributed by atoms with E-state index < -0.39 is 17.7 Å². The van der Waals surface area contributed by atoms with E-state index in [1.807, 2.05) is 0 Å². The first-order valence-corrected chi connectivity index (χ1v) is 4.58. The van der Waals surface area contributed by atoms with E-state index in [0.29, 0.717) is 17.7 Å². The van der Waals surface area contributed by atoms with Gasteiger partial charge in [0, 0.05) is 19.2 Å². The molecule has 0 aliphatic carbocycles. The minimum absolute atomic E-state index is 0.0396. The van der Waals surface area contributed by atoms with Crippen molar-refractivity contribution in [1.29, 1.82) is 0 Å². The van der Waals surface area contributed by atoms with Crippen LogP contribution in [-0.2, 0) is 12.5 Å². The van der Waals surface area contributed by atoms with Crippen molar-refractivity contribution in [2.24, 2.45) is 0 Å². The fourth-order valence-electron chi connectivity index (χ4n) is 1.25. The lowest BCUT2D eigenvalue weighted by Gasteiger charge is -2.20. The maximum atomic E-state index is 12.9. The first-order valence-electron chi connectivity index (χ1n) is 4.58. The summed E-state index contributed by atoms with van der Waals surface area (Å²) in [5, 5.41) is 9.66. The van der Waals surface area contributed by atoms with E-state index in [0.717, 1.165) is 17.2 Å². The van der Waals surface area contributed by atoms with Crippen molar-refractivity contribution in [3.63, 3.8) is 0 Å². The third-order valence-corrected chi connectivity index (χ3v) is 2.08. The lowest BCUT2D eigenvalue weighted by Crippen LogP contribution is -2.33. The molecule has 0 aliphatic heterocycles. The zero-order chi connectivity index (χ0) is 13.3. The van der Waals surface area contributed by atoms with Crippen LogP contribution in [0.5, 0.6) is 0 Å². The molecule has 0 saturated carbocycles. The van der Waals surface area contributed by atoms with Gasteiger partial charge in [0.1, 0.15) is 0 Å². The molecule has 0 aliphatic rings. The molecule has 2 nitrogen and oxygen atoms in total. The van der Waals surface area contributed by atoms with Crippen LogP contribution in [0, 0.1) is 0 Å². The van der Waals surface area contributed by atoms with Gasteiger partial charge in [0.25, 0.3) is 0 Å². The molecule has 1 N–H and O–H groups in total. The number of nitrogens with zero attached hydrogens (tertiary/aromatic N) is 1. The van der Waals surface area contributed by atoms with Crippen LogP contribution in [0.2, 0.25) is 0 Å². The topological polar surface area (TPSA) is 23.5 Å². The Morgan fingerprint density at radius 3 is 1.88 bits per heavy atom. The van der Waals surface area contributed by atoms with Gasteiger partial charge >= 0.3 is 12.1 Å². The van der Waals surface area contributed by atoms with Gasteiger partial charge in [0.05, 0.1) is 0 Å². The van der Waals surface area contributed by atoms with Gasteiger partial charge in [0.2, 0.25) is 0 Å². The Labute approximate surface area is 94.2 Å². The lowest BCUT2D eigenvalue weighted by atomic mass is 10.1. The molecule has 0 unspecified atom stereocenters. The fourth-order valence-corrected chi connectivity index (χ4v) is 1.25. The smallest absolute Gasteiger partial charge is 0.314 e. The average Bonchev–Trinajstić information content (AvgIpc) is 2.15. The van der Waals surface area contributed by atoms with Crippen LogP contribution < -0.4 is 0 Å². The summed E-state index contributed by atoms with van der Waals surface area (Å²) in [6.07, 6.45) is -5.61. The first kappa shape index (κ1) is 13.9. The molecule has 0 spiro atoms. The molecule has 0 aromatic heterocycles.